The highest BCUT2D eigenvalue weighted by Gasteiger charge is 2.53. The number of amides is 3. The van der Waals surface area contributed by atoms with Crippen LogP contribution in [0.3, 0.4) is 0 Å². The third-order valence-corrected chi connectivity index (χ3v) is 7.65. The van der Waals surface area contributed by atoms with Gasteiger partial charge in [0.15, 0.2) is 0 Å². The Morgan fingerprint density at radius 2 is 1.73 bits per heavy atom. The summed E-state index contributed by atoms with van der Waals surface area (Å²) in [5.41, 5.74) is -0.397. The van der Waals surface area contributed by atoms with Gasteiger partial charge in [-0.2, -0.15) is 0 Å². The Bertz CT molecular complexity index is 767. The normalized spacial score (nSPS) is 28.3. The average molecular weight is 415 g/mol. The molecule has 164 valence electrons. The van der Waals surface area contributed by atoms with Crippen LogP contribution in [0.2, 0.25) is 0 Å². The fourth-order valence-corrected chi connectivity index (χ4v) is 5.07. The smallest absolute Gasteiger partial charge is 0.326 e. The highest BCUT2D eigenvalue weighted by molar-refractivity contribution is 6.07. The topological polar surface area (TPSA) is 81.7 Å². The molecule has 1 saturated carbocycles. The molecule has 30 heavy (non-hydrogen) atoms. The number of rotatable bonds is 5. The van der Waals surface area contributed by atoms with E-state index in [1.165, 1.54) is 4.90 Å². The summed E-state index contributed by atoms with van der Waals surface area (Å²) < 4.78 is 0. The lowest BCUT2D eigenvalue weighted by Gasteiger charge is -2.42. The monoisotopic (exact) mass is 414 g/mol. The van der Waals surface area contributed by atoms with E-state index >= 15 is 0 Å². The van der Waals surface area contributed by atoms with Crippen molar-refractivity contribution in [1.82, 2.24) is 25.1 Å². The fourth-order valence-electron chi connectivity index (χ4n) is 5.07. The zero-order chi connectivity index (χ0) is 21.4. The number of aromatic nitrogens is 2. The number of piperazine rings is 1. The Morgan fingerprint density at radius 1 is 1.10 bits per heavy atom. The van der Waals surface area contributed by atoms with Gasteiger partial charge in [-0.3, -0.25) is 9.69 Å². The summed E-state index contributed by atoms with van der Waals surface area (Å²) in [4.78, 5) is 40.3. The minimum atomic E-state index is -0.683. The summed E-state index contributed by atoms with van der Waals surface area (Å²) in [6.07, 6.45) is 8.13. The Hall–Kier alpha value is -2.22. The second-order valence-corrected chi connectivity index (χ2v) is 9.66. The molecule has 3 aliphatic rings. The Kier molecular flexibility index (Phi) is 5.70. The lowest BCUT2D eigenvalue weighted by Crippen LogP contribution is -2.53. The predicted molar refractivity (Wildman–Crippen MR) is 115 cm³/mol. The van der Waals surface area contributed by atoms with Gasteiger partial charge in [0.05, 0.1) is 6.67 Å². The van der Waals surface area contributed by atoms with Crippen molar-refractivity contribution in [3.63, 3.8) is 0 Å². The first kappa shape index (κ1) is 21.0. The molecule has 0 atom stereocenters. The first-order valence-corrected chi connectivity index (χ1v) is 11.2. The number of urea groups is 1. The van der Waals surface area contributed by atoms with Gasteiger partial charge in [0.1, 0.15) is 5.54 Å². The second-order valence-electron chi connectivity index (χ2n) is 9.66. The van der Waals surface area contributed by atoms with Crippen LogP contribution in [0.1, 0.15) is 52.9 Å². The van der Waals surface area contributed by atoms with Crippen molar-refractivity contribution in [3.8, 4) is 0 Å². The van der Waals surface area contributed by atoms with Crippen molar-refractivity contribution in [2.45, 2.75) is 58.4 Å². The summed E-state index contributed by atoms with van der Waals surface area (Å²) >= 11 is 0. The maximum absolute atomic E-state index is 13.3. The second kappa shape index (κ2) is 8.13. The molecule has 4 rings (SSSR count). The van der Waals surface area contributed by atoms with Crippen LogP contribution >= 0.6 is 0 Å². The van der Waals surface area contributed by atoms with Crippen LogP contribution < -0.4 is 10.2 Å². The van der Waals surface area contributed by atoms with Gasteiger partial charge >= 0.3 is 6.03 Å². The molecule has 1 N–H and O–H groups in total. The first-order chi connectivity index (χ1) is 14.3. The largest absolute Gasteiger partial charge is 0.338 e. The Labute approximate surface area is 179 Å². The van der Waals surface area contributed by atoms with E-state index in [-0.39, 0.29) is 17.4 Å². The minimum Gasteiger partial charge on any atom is -0.338 e. The van der Waals surface area contributed by atoms with E-state index in [1.807, 2.05) is 6.07 Å². The van der Waals surface area contributed by atoms with Crippen molar-refractivity contribution in [3.05, 3.63) is 18.5 Å². The number of hydrogen-bond acceptors (Lipinski definition) is 6. The average Bonchev–Trinajstić information content (AvgIpc) is 2.99. The number of carbonyl (C=O) groups excluding carboxylic acids is 2. The standard InChI is InChI=1S/C22H34N6O2/c1-4-21(2,3)17-6-8-22(9-7-17)18(29)28(20(30)25-22)16-26-12-14-27(15-13-26)19-23-10-5-11-24-19/h5,10-11,17H,4,6-9,12-16H2,1-3H3,(H,25,30). The third kappa shape index (κ3) is 3.89. The van der Waals surface area contributed by atoms with Crippen LogP contribution in [0.4, 0.5) is 10.7 Å². The maximum atomic E-state index is 13.3. The quantitative estimate of drug-likeness (QED) is 0.746. The van der Waals surface area contributed by atoms with Crippen molar-refractivity contribution >= 4 is 17.9 Å². The van der Waals surface area contributed by atoms with E-state index in [4.69, 9.17) is 0 Å². The highest BCUT2D eigenvalue weighted by atomic mass is 16.2. The predicted octanol–water partition coefficient (Wildman–Crippen LogP) is 2.47. The molecular formula is C22H34N6O2. The van der Waals surface area contributed by atoms with Gasteiger partial charge in [-0.15, -0.1) is 0 Å². The molecule has 1 aromatic heterocycles. The Morgan fingerprint density at radius 3 is 2.33 bits per heavy atom. The van der Waals surface area contributed by atoms with Gasteiger partial charge in [-0.25, -0.2) is 19.7 Å². The zero-order valence-electron chi connectivity index (χ0n) is 18.4. The summed E-state index contributed by atoms with van der Waals surface area (Å²) in [7, 11) is 0. The SMILES string of the molecule is CCC(C)(C)C1CCC2(CC1)NC(=O)N(CN1CCN(c3ncccn3)CC1)C2=O. The Balaban J connectivity index is 1.33. The summed E-state index contributed by atoms with van der Waals surface area (Å²) in [5.74, 6) is 1.31. The molecule has 0 radical (unpaired) electrons. The molecule has 3 amide bonds. The van der Waals surface area contributed by atoms with Gasteiger partial charge in [0.2, 0.25) is 5.95 Å². The number of hydrogen-bond donors (Lipinski definition) is 1. The van der Waals surface area contributed by atoms with Crippen molar-refractivity contribution in [1.29, 1.82) is 0 Å². The van der Waals surface area contributed by atoms with Crippen LogP contribution in [0, 0.1) is 11.3 Å². The number of anilines is 1. The zero-order valence-corrected chi connectivity index (χ0v) is 18.4. The summed E-state index contributed by atoms with van der Waals surface area (Å²) in [6.45, 7) is 10.3. The third-order valence-electron chi connectivity index (χ3n) is 7.65. The van der Waals surface area contributed by atoms with Crippen LogP contribution in [0.5, 0.6) is 0 Å². The van der Waals surface area contributed by atoms with Crippen molar-refractivity contribution in [2.24, 2.45) is 11.3 Å². The van der Waals surface area contributed by atoms with E-state index in [9.17, 15) is 9.59 Å². The lowest BCUT2D eigenvalue weighted by molar-refractivity contribution is -0.134. The maximum Gasteiger partial charge on any atom is 0.326 e. The first-order valence-electron chi connectivity index (χ1n) is 11.2. The van der Waals surface area contributed by atoms with Gasteiger partial charge in [0.25, 0.3) is 5.91 Å². The molecule has 0 bridgehead atoms. The summed E-state index contributed by atoms with van der Waals surface area (Å²) in [6, 6.07) is 1.58. The molecule has 1 aliphatic carbocycles. The molecule has 0 aromatic carbocycles. The molecule has 0 unspecified atom stereocenters. The van der Waals surface area contributed by atoms with Crippen LogP contribution in [-0.4, -0.2) is 70.1 Å². The number of imide groups is 1. The highest BCUT2D eigenvalue weighted by Crippen LogP contribution is 2.45. The lowest BCUT2D eigenvalue weighted by atomic mass is 9.65. The minimum absolute atomic E-state index is 0.0333. The molecule has 1 aromatic rings. The van der Waals surface area contributed by atoms with E-state index in [0.717, 1.165) is 64.2 Å². The molecule has 3 fully saturated rings. The van der Waals surface area contributed by atoms with E-state index in [2.05, 4.69) is 45.9 Å². The van der Waals surface area contributed by atoms with Gasteiger partial charge in [-0.05, 0) is 43.1 Å². The van der Waals surface area contributed by atoms with E-state index < -0.39 is 5.54 Å². The molecular weight excluding hydrogens is 380 g/mol. The molecule has 3 heterocycles. The van der Waals surface area contributed by atoms with Gasteiger partial charge in [-0.1, -0.05) is 27.2 Å². The number of nitrogens with zero attached hydrogens (tertiary/aromatic N) is 5. The molecule has 2 saturated heterocycles. The molecule has 2 aliphatic heterocycles. The van der Waals surface area contributed by atoms with Crippen LogP contribution in [0.25, 0.3) is 0 Å². The van der Waals surface area contributed by atoms with Crippen molar-refractivity contribution < 1.29 is 9.59 Å². The van der Waals surface area contributed by atoms with Gasteiger partial charge in [0, 0.05) is 38.6 Å². The van der Waals surface area contributed by atoms with Crippen molar-refractivity contribution in [2.75, 3.05) is 37.7 Å². The molecule has 8 nitrogen and oxygen atoms in total. The number of carbonyl (C=O) groups is 2. The number of nitrogens with one attached hydrogen (secondary N) is 1. The van der Waals surface area contributed by atoms with Gasteiger partial charge < -0.3 is 10.2 Å². The van der Waals surface area contributed by atoms with E-state index in [1.54, 1.807) is 12.4 Å². The fraction of sp³-hybridized carbons (Fsp3) is 0.727. The molecule has 8 heteroatoms. The van der Waals surface area contributed by atoms with E-state index in [0.29, 0.717) is 12.6 Å². The van der Waals surface area contributed by atoms with Crippen LogP contribution in [-0.2, 0) is 4.79 Å². The molecule has 1 spiro atoms. The summed E-state index contributed by atoms with van der Waals surface area (Å²) in [5, 5.41) is 3.06. The van der Waals surface area contributed by atoms with Crippen LogP contribution in [0.15, 0.2) is 18.5 Å².